The third-order valence-corrected chi connectivity index (χ3v) is 4.09. The van der Waals surface area contributed by atoms with Gasteiger partial charge in [0.1, 0.15) is 6.54 Å². The summed E-state index contributed by atoms with van der Waals surface area (Å²) in [6, 6.07) is 6.95. The van der Waals surface area contributed by atoms with Gasteiger partial charge < -0.3 is 4.90 Å². The van der Waals surface area contributed by atoms with Gasteiger partial charge in [-0.2, -0.15) is 0 Å². The van der Waals surface area contributed by atoms with Crippen LogP contribution >= 0.6 is 0 Å². The van der Waals surface area contributed by atoms with Crippen LogP contribution in [0.4, 0.5) is 0 Å². The number of carbonyl (C=O) groups excluding carboxylic acids is 1. The highest BCUT2D eigenvalue weighted by molar-refractivity contribution is 5.81. The second-order valence-corrected chi connectivity index (χ2v) is 6.26. The summed E-state index contributed by atoms with van der Waals surface area (Å²) in [6.07, 6.45) is 0. The maximum Gasteiger partial charge on any atom is 0.331 e. The van der Waals surface area contributed by atoms with E-state index < -0.39 is 5.69 Å². The van der Waals surface area contributed by atoms with Crippen LogP contribution in [-0.2, 0) is 17.9 Å². The number of aromatic nitrogens is 2. The molecule has 1 heterocycles. The number of likely N-dealkylation sites (N-methyl/N-ethyl adjacent to an activating group) is 1. The van der Waals surface area contributed by atoms with Gasteiger partial charge in [0.2, 0.25) is 5.91 Å². The molecule has 0 spiro atoms. The van der Waals surface area contributed by atoms with Gasteiger partial charge in [-0.3, -0.25) is 18.7 Å². The first-order valence-corrected chi connectivity index (χ1v) is 8.40. The molecule has 2 aromatic rings. The second kappa shape index (κ2) is 7.47. The SMILES string of the molecule is CCN(CC)C(=O)Cn1c(=O)n(CC(C)C)c(=O)c2ccccc21. The third-order valence-electron chi connectivity index (χ3n) is 4.09. The molecule has 1 aromatic carbocycles. The van der Waals surface area contributed by atoms with Crippen LogP contribution in [0.25, 0.3) is 10.9 Å². The highest BCUT2D eigenvalue weighted by atomic mass is 16.2. The van der Waals surface area contributed by atoms with Gasteiger partial charge >= 0.3 is 5.69 Å². The van der Waals surface area contributed by atoms with E-state index in [-0.39, 0.29) is 23.9 Å². The molecule has 0 atom stereocenters. The molecular formula is C18H25N3O3. The lowest BCUT2D eigenvalue weighted by atomic mass is 10.2. The first-order valence-electron chi connectivity index (χ1n) is 8.40. The predicted molar refractivity (Wildman–Crippen MR) is 95.2 cm³/mol. The van der Waals surface area contributed by atoms with Crippen molar-refractivity contribution in [1.82, 2.24) is 14.0 Å². The van der Waals surface area contributed by atoms with Crippen molar-refractivity contribution >= 4 is 16.8 Å². The first-order chi connectivity index (χ1) is 11.4. The Kier molecular flexibility index (Phi) is 5.59. The summed E-state index contributed by atoms with van der Waals surface area (Å²) in [5.74, 6) is 0.0329. The van der Waals surface area contributed by atoms with Gasteiger partial charge in [0.15, 0.2) is 0 Å². The predicted octanol–water partition coefficient (Wildman–Crippen LogP) is 1.69. The second-order valence-electron chi connectivity index (χ2n) is 6.26. The summed E-state index contributed by atoms with van der Waals surface area (Å²) in [5, 5.41) is 0.463. The Morgan fingerprint density at radius 3 is 2.29 bits per heavy atom. The lowest BCUT2D eigenvalue weighted by Gasteiger charge is -2.20. The average Bonchev–Trinajstić information content (AvgIpc) is 2.56. The van der Waals surface area contributed by atoms with E-state index in [2.05, 4.69) is 0 Å². The summed E-state index contributed by atoms with van der Waals surface area (Å²) < 4.78 is 2.66. The molecule has 1 aromatic heterocycles. The Bertz CT molecular complexity index is 845. The van der Waals surface area contributed by atoms with Crippen molar-refractivity contribution in [3.05, 3.63) is 45.1 Å². The smallest absolute Gasteiger partial charge is 0.331 e. The minimum atomic E-state index is -0.423. The van der Waals surface area contributed by atoms with E-state index in [9.17, 15) is 14.4 Å². The molecule has 0 saturated carbocycles. The van der Waals surface area contributed by atoms with Crippen LogP contribution in [0.2, 0.25) is 0 Å². The molecule has 130 valence electrons. The number of carbonyl (C=O) groups is 1. The van der Waals surface area contributed by atoms with E-state index in [0.717, 1.165) is 0 Å². The van der Waals surface area contributed by atoms with Crippen molar-refractivity contribution in [2.45, 2.75) is 40.8 Å². The zero-order valence-electron chi connectivity index (χ0n) is 14.8. The van der Waals surface area contributed by atoms with E-state index in [1.54, 1.807) is 29.2 Å². The number of rotatable bonds is 6. The molecule has 2 rings (SSSR count). The van der Waals surface area contributed by atoms with E-state index in [1.165, 1.54) is 9.13 Å². The molecular weight excluding hydrogens is 306 g/mol. The van der Waals surface area contributed by atoms with Crippen LogP contribution < -0.4 is 11.2 Å². The highest BCUT2D eigenvalue weighted by Gasteiger charge is 2.17. The molecule has 0 fully saturated rings. The molecule has 0 saturated heterocycles. The van der Waals surface area contributed by atoms with Crippen molar-refractivity contribution in [3.63, 3.8) is 0 Å². The largest absolute Gasteiger partial charge is 0.342 e. The van der Waals surface area contributed by atoms with Crippen molar-refractivity contribution in [2.24, 2.45) is 5.92 Å². The van der Waals surface area contributed by atoms with Crippen molar-refractivity contribution in [1.29, 1.82) is 0 Å². The third kappa shape index (κ3) is 3.42. The topological polar surface area (TPSA) is 64.3 Å². The standard InChI is InChI=1S/C18H25N3O3/c1-5-19(6-2)16(22)12-20-15-10-8-7-9-14(15)17(23)21(18(20)24)11-13(3)4/h7-10,13H,5-6,11-12H2,1-4H3. The van der Waals surface area contributed by atoms with Gasteiger partial charge in [-0.05, 0) is 31.9 Å². The number of amides is 1. The van der Waals surface area contributed by atoms with Crippen LogP contribution in [-0.4, -0.2) is 33.0 Å². The number of hydrogen-bond acceptors (Lipinski definition) is 3. The van der Waals surface area contributed by atoms with E-state index in [1.807, 2.05) is 27.7 Å². The van der Waals surface area contributed by atoms with Gasteiger partial charge in [0, 0.05) is 19.6 Å². The molecule has 6 nitrogen and oxygen atoms in total. The van der Waals surface area contributed by atoms with Crippen LogP contribution in [0.5, 0.6) is 0 Å². The summed E-state index contributed by atoms with van der Waals surface area (Å²) in [7, 11) is 0. The van der Waals surface area contributed by atoms with Crippen molar-refractivity contribution in [3.8, 4) is 0 Å². The quantitative estimate of drug-likeness (QED) is 0.809. The lowest BCUT2D eigenvalue weighted by molar-refractivity contribution is -0.131. The minimum absolute atomic E-state index is 0.0561. The Morgan fingerprint density at radius 2 is 1.71 bits per heavy atom. The molecule has 0 aliphatic rings. The number of fused-ring (bicyclic) bond motifs is 1. The van der Waals surface area contributed by atoms with Gasteiger partial charge in [-0.1, -0.05) is 26.0 Å². The molecule has 6 heteroatoms. The number of nitrogens with zero attached hydrogens (tertiary/aromatic N) is 3. The Labute approximate surface area is 141 Å². The fourth-order valence-electron chi connectivity index (χ4n) is 2.86. The monoisotopic (exact) mass is 331 g/mol. The highest BCUT2D eigenvalue weighted by Crippen LogP contribution is 2.09. The zero-order valence-corrected chi connectivity index (χ0v) is 14.8. The molecule has 1 amide bonds. The molecule has 0 aliphatic heterocycles. The zero-order chi connectivity index (χ0) is 17.9. The molecule has 0 aliphatic carbocycles. The molecule has 0 radical (unpaired) electrons. The van der Waals surface area contributed by atoms with Crippen LogP contribution in [0.3, 0.4) is 0 Å². The fraction of sp³-hybridized carbons (Fsp3) is 0.500. The summed E-state index contributed by atoms with van der Waals surface area (Å²) in [4.78, 5) is 39.6. The maximum absolute atomic E-state index is 12.8. The number of para-hydroxylation sites is 1. The number of benzene rings is 1. The fourth-order valence-corrected chi connectivity index (χ4v) is 2.86. The summed E-state index contributed by atoms with van der Waals surface area (Å²) in [5.41, 5.74) is -0.211. The van der Waals surface area contributed by atoms with Gasteiger partial charge in [-0.25, -0.2) is 4.79 Å². The molecule has 0 bridgehead atoms. The maximum atomic E-state index is 12.8. The Balaban J connectivity index is 2.66. The molecule has 24 heavy (non-hydrogen) atoms. The lowest BCUT2D eigenvalue weighted by Crippen LogP contribution is -2.44. The summed E-state index contributed by atoms with van der Waals surface area (Å²) in [6.45, 7) is 9.17. The van der Waals surface area contributed by atoms with Gasteiger partial charge in [-0.15, -0.1) is 0 Å². The van der Waals surface area contributed by atoms with Crippen molar-refractivity contribution in [2.75, 3.05) is 13.1 Å². The Hall–Kier alpha value is -2.37. The van der Waals surface area contributed by atoms with Crippen LogP contribution in [0, 0.1) is 5.92 Å². The van der Waals surface area contributed by atoms with E-state index in [4.69, 9.17) is 0 Å². The minimum Gasteiger partial charge on any atom is -0.342 e. The summed E-state index contributed by atoms with van der Waals surface area (Å²) >= 11 is 0. The first kappa shape index (κ1) is 18.0. The molecule has 0 unspecified atom stereocenters. The van der Waals surface area contributed by atoms with Crippen molar-refractivity contribution < 1.29 is 4.79 Å². The van der Waals surface area contributed by atoms with Crippen LogP contribution in [0.15, 0.2) is 33.9 Å². The normalized spacial score (nSPS) is 11.2. The Morgan fingerprint density at radius 1 is 1.08 bits per heavy atom. The van der Waals surface area contributed by atoms with Gasteiger partial charge in [0.25, 0.3) is 5.56 Å². The average molecular weight is 331 g/mol. The van der Waals surface area contributed by atoms with Crippen LogP contribution in [0.1, 0.15) is 27.7 Å². The number of hydrogen-bond donors (Lipinski definition) is 0. The van der Waals surface area contributed by atoms with E-state index >= 15 is 0 Å². The van der Waals surface area contributed by atoms with Gasteiger partial charge in [0.05, 0.1) is 10.9 Å². The van der Waals surface area contributed by atoms with E-state index in [0.29, 0.717) is 30.5 Å². The molecule has 0 N–H and O–H groups in total.